The summed E-state index contributed by atoms with van der Waals surface area (Å²) in [6.07, 6.45) is -3.36. The molecular formula is C23H20F4N2O2. The van der Waals surface area contributed by atoms with Gasteiger partial charge in [0.25, 0.3) is 0 Å². The molecule has 1 aliphatic rings. The van der Waals surface area contributed by atoms with Crippen molar-refractivity contribution in [3.63, 3.8) is 0 Å². The monoisotopic (exact) mass is 432 g/mol. The maximum absolute atomic E-state index is 13.9. The molecule has 31 heavy (non-hydrogen) atoms. The summed E-state index contributed by atoms with van der Waals surface area (Å²) in [6.45, 7) is 0. The van der Waals surface area contributed by atoms with E-state index in [1.54, 1.807) is 12.1 Å². The van der Waals surface area contributed by atoms with Crippen LogP contribution < -0.4 is 5.56 Å². The lowest BCUT2D eigenvalue weighted by Crippen LogP contribution is -2.48. The number of rotatable bonds is 4. The van der Waals surface area contributed by atoms with Crippen LogP contribution in [0.25, 0.3) is 10.9 Å². The number of aryl methyl sites for hydroxylation is 1. The molecule has 8 heteroatoms. The molecule has 2 atom stereocenters. The van der Waals surface area contributed by atoms with E-state index in [4.69, 9.17) is 0 Å². The zero-order valence-electron chi connectivity index (χ0n) is 16.4. The molecule has 0 radical (unpaired) electrons. The number of hydrogen-bond donors (Lipinski definition) is 2. The molecule has 1 aromatic heterocycles. The maximum atomic E-state index is 13.9. The number of nitrogens with one attached hydrogen (secondary N) is 1. The van der Waals surface area contributed by atoms with Gasteiger partial charge in [0.2, 0.25) is 5.56 Å². The molecule has 4 rings (SSSR count). The minimum absolute atomic E-state index is 0.197. The topological polar surface area (TPSA) is 65.4 Å². The van der Waals surface area contributed by atoms with Crippen LogP contribution in [0.5, 0.6) is 0 Å². The van der Waals surface area contributed by atoms with Crippen molar-refractivity contribution >= 4 is 22.8 Å². The Morgan fingerprint density at radius 1 is 1.16 bits per heavy atom. The van der Waals surface area contributed by atoms with Crippen LogP contribution in [0.4, 0.5) is 23.2 Å². The molecule has 0 spiro atoms. The number of aliphatic imine (C=N–C) groups is 1. The second kappa shape index (κ2) is 7.92. The average molecular weight is 432 g/mol. The van der Waals surface area contributed by atoms with E-state index in [2.05, 4.69) is 9.98 Å². The lowest BCUT2D eigenvalue weighted by molar-refractivity contribution is -0.232. The van der Waals surface area contributed by atoms with E-state index in [1.807, 2.05) is 0 Å². The standard InChI is InChI=1S/C23H20F4N2O2/c24-16-7-8-17-14(11-16)3-1-4-15(17)12-22(31,23(25,26)27)13-28-19-5-2-6-20-18(19)9-10-21(30)29-20/h2,5-11,13,15,31H,1,3-4,12H2,(H,29,30)/b28-13+. The molecule has 1 heterocycles. The Balaban J connectivity index is 1.70. The van der Waals surface area contributed by atoms with Crippen molar-refractivity contribution in [1.82, 2.24) is 4.98 Å². The number of aromatic nitrogens is 1. The first kappa shape index (κ1) is 21.2. The highest BCUT2D eigenvalue weighted by molar-refractivity contribution is 5.91. The number of nitrogens with zero attached hydrogens (tertiary/aromatic N) is 1. The van der Waals surface area contributed by atoms with Gasteiger partial charge < -0.3 is 10.1 Å². The number of aliphatic hydroxyl groups is 1. The number of halogens is 4. The first-order chi connectivity index (χ1) is 14.7. The third-order valence-corrected chi connectivity index (χ3v) is 5.75. The van der Waals surface area contributed by atoms with Crippen molar-refractivity contribution in [3.8, 4) is 0 Å². The van der Waals surface area contributed by atoms with Crippen LogP contribution in [-0.4, -0.2) is 28.1 Å². The molecule has 1 aliphatic carbocycles. The van der Waals surface area contributed by atoms with E-state index in [-0.39, 0.29) is 11.2 Å². The molecule has 0 saturated heterocycles. The van der Waals surface area contributed by atoms with Gasteiger partial charge in [0.05, 0.1) is 11.2 Å². The van der Waals surface area contributed by atoms with E-state index in [0.717, 1.165) is 0 Å². The second-order valence-electron chi connectivity index (χ2n) is 7.88. The molecule has 2 aromatic carbocycles. The van der Waals surface area contributed by atoms with Crippen molar-refractivity contribution in [2.24, 2.45) is 4.99 Å². The summed E-state index contributed by atoms with van der Waals surface area (Å²) in [6, 6.07) is 11.5. The summed E-state index contributed by atoms with van der Waals surface area (Å²) in [5, 5.41) is 11.1. The van der Waals surface area contributed by atoms with Crippen LogP contribution in [0.2, 0.25) is 0 Å². The van der Waals surface area contributed by atoms with Crippen molar-refractivity contribution in [2.75, 3.05) is 0 Å². The van der Waals surface area contributed by atoms with E-state index in [9.17, 15) is 27.5 Å². The van der Waals surface area contributed by atoms with E-state index in [1.165, 1.54) is 36.4 Å². The average Bonchev–Trinajstić information content (AvgIpc) is 2.71. The Hall–Kier alpha value is -3.00. The van der Waals surface area contributed by atoms with E-state index < -0.39 is 29.9 Å². The summed E-state index contributed by atoms with van der Waals surface area (Å²) < 4.78 is 55.3. The van der Waals surface area contributed by atoms with Gasteiger partial charge in [0.1, 0.15) is 5.82 Å². The van der Waals surface area contributed by atoms with Gasteiger partial charge in [-0.15, -0.1) is 0 Å². The molecule has 0 aliphatic heterocycles. The fourth-order valence-electron chi connectivity index (χ4n) is 4.17. The fraction of sp³-hybridized carbons (Fsp3) is 0.304. The highest BCUT2D eigenvalue weighted by Gasteiger charge is 2.54. The van der Waals surface area contributed by atoms with Crippen molar-refractivity contribution in [1.29, 1.82) is 0 Å². The highest BCUT2D eigenvalue weighted by atomic mass is 19.4. The van der Waals surface area contributed by atoms with Crippen LogP contribution in [0.15, 0.2) is 58.3 Å². The molecule has 0 bridgehead atoms. The van der Waals surface area contributed by atoms with E-state index in [0.29, 0.717) is 47.5 Å². The van der Waals surface area contributed by atoms with Gasteiger partial charge in [-0.2, -0.15) is 13.2 Å². The zero-order valence-corrected chi connectivity index (χ0v) is 16.4. The highest BCUT2D eigenvalue weighted by Crippen LogP contribution is 2.42. The number of benzene rings is 2. The Morgan fingerprint density at radius 3 is 2.74 bits per heavy atom. The fourth-order valence-corrected chi connectivity index (χ4v) is 4.17. The van der Waals surface area contributed by atoms with Gasteiger partial charge in [-0.3, -0.25) is 9.79 Å². The molecule has 2 unspecified atom stereocenters. The molecule has 2 N–H and O–H groups in total. The third-order valence-electron chi connectivity index (χ3n) is 5.75. The summed E-state index contributed by atoms with van der Waals surface area (Å²) in [7, 11) is 0. The molecule has 0 amide bonds. The Morgan fingerprint density at radius 2 is 1.97 bits per heavy atom. The summed E-state index contributed by atoms with van der Waals surface area (Å²) >= 11 is 0. The van der Waals surface area contributed by atoms with Gasteiger partial charge in [0, 0.05) is 17.7 Å². The second-order valence-corrected chi connectivity index (χ2v) is 7.88. The summed E-state index contributed by atoms with van der Waals surface area (Å²) in [5.41, 5.74) is -1.57. The largest absolute Gasteiger partial charge is 0.422 e. The van der Waals surface area contributed by atoms with Gasteiger partial charge in [-0.25, -0.2) is 4.39 Å². The first-order valence-electron chi connectivity index (χ1n) is 9.91. The number of H-pyrrole nitrogens is 1. The zero-order chi connectivity index (χ0) is 22.2. The van der Waals surface area contributed by atoms with Crippen LogP contribution in [0.3, 0.4) is 0 Å². The minimum Gasteiger partial charge on any atom is -0.376 e. The van der Waals surface area contributed by atoms with Crippen LogP contribution in [-0.2, 0) is 6.42 Å². The minimum atomic E-state index is -4.95. The molecule has 162 valence electrons. The number of alkyl halides is 3. The molecular weight excluding hydrogens is 412 g/mol. The first-order valence-corrected chi connectivity index (χ1v) is 9.91. The van der Waals surface area contributed by atoms with Gasteiger partial charge in [0.15, 0.2) is 5.60 Å². The SMILES string of the molecule is O=c1ccc2c(/N=C/C(O)(CC3CCCc4cc(F)ccc43)C(F)(F)F)cccc2[nH]1. The van der Waals surface area contributed by atoms with Crippen molar-refractivity contribution < 1.29 is 22.7 Å². The third kappa shape index (κ3) is 4.25. The van der Waals surface area contributed by atoms with Crippen LogP contribution in [0.1, 0.15) is 36.3 Å². The Labute approximate surface area is 175 Å². The number of fused-ring (bicyclic) bond motifs is 2. The van der Waals surface area contributed by atoms with Crippen molar-refractivity contribution in [3.05, 3.63) is 75.8 Å². The van der Waals surface area contributed by atoms with Crippen molar-refractivity contribution in [2.45, 2.75) is 43.4 Å². The lowest BCUT2D eigenvalue weighted by Gasteiger charge is -2.33. The number of hydrogen-bond acceptors (Lipinski definition) is 3. The number of aromatic amines is 1. The Kier molecular flexibility index (Phi) is 5.43. The Bertz CT molecular complexity index is 1200. The molecule has 0 saturated carbocycles. The maximum Gasteiger partial charge on any atom is 0.422 e. The lowest BCUT2D eigenvalue weighted by atomic mass is 9.77. The predicted octanol–water partition coefficient (Wildman–Crippen LogP) is 5.17. The van der Waals surface area contributed by atoms with Gasteiger partial charge >= 0.3 is 6.18 Å². The summed E-state index contributed by atoms with van der Waals surface area (Å²) in [5.74, 6) is -1.01. The molecule has 3 aromatic rings. The van der Waals surface area contributed by atoms with Gasteiger partial charge in [-0.1, -0.05) is 12.1 Å². The summed E-state index contributed by atoms with van der Waals surface area (Å²) in [4.78, 5) is 18.0. The molecule has 4 nitrogen and oxygen atoms in total. The quantitative estimate of drug-likeness (QED) is 0.441. The predicted molar refractivity (Wildman–Crippen MR) is 110 cm³/mol. The molecule has 0 fully saturated rings. The smallest absolute Gasteiger partial charge is 0.376 e. The van der Waals surface area contributed by atoms with Gasteiger partial charge in [-0.05, 0) is 73.1 Å². The van der Waals surface area contributed by atoms with Crippen LogP contribution in [0, 0.1) is 5.82 Å². The normalized spacial score (nSPS) is 18.8. The van der Waals surface area contributed by atoms with E-state index >= 15 is 0 Å². The number of pyridine rings is 1. The van der Waals surface area contributed by atoms with Crippen LogP contribution >= 0.6 is 0 Å².